The molecule has 2 atom stereocenters. The molecule has 1 amide bonds. The van der Waals surface area contributed by atoms with Gasteiger partial charge >= 0.3 is 5.97 Å². The summed E-state index contributed by atoms with van der Waals surface area (Å²) >= 11 is 6.27. The van der Waals surface area contributed by atoms with Crippen LogP contribution in [0.2, 0.25) is 5.02 Å². The summed E-state index contributed by atoms with van der Waals surface area (Å²) in [5.74, 6) is -1.03. The summed E-state index contributed by atoms with van der Waals surface area (Å²) in [6, 6.07) is 20.7. The van der Waals surface area contributed by atoms with Crippen molar-refractivity contribution in [1.82, 2.24) is 15.2 Å². The average molecular weight is 506 g/mol. The zero-order valence-electron chi connectivity index (χ0n) is 19.6. The fraction of sp³-hybridized carbons (Fsp3) is 0.214. The molecule has 1 saturated heterocycles. The largest absolute Gasteiger partial charge is 0.468 e. The number of aromatic nitrogens is 1. The van der Waals surface area contributed by atoms with Gasteiger partial charge in [-0.05, 0) is 36.2 Å². The number of nitrogens with one attached hydrogen (secondary N) is 2. The molecule has 1 aliphatic rings. The van der Waals surface area contributed by atoms with Crippen LogP contribution in [0.4, 0.5) is 4.39 Å². The molecule has 8 heteroatoms. The molecule has 2 heterocycles. The maximum absolute atomic E-state index is 14.3. The number of hydrogen-bond donors (Lipinski definition) is 2. The van der Waals surface area contributed by atoms with Gasteiger partial charge in [-0.1, -0.05) is 60.1 Å². The zero-order valence-corrected chi connectivity index (χ0v) is 20.4. The number of carbonyl (C=O) groups is 2. The van der Waals surface area contributed by atoms with Crippen molar-refractivity contribution >= 4 is 34.4 Å². The first-order chi connectivity index (χ1) is 17.4. The number of nitrogens with zero attached hydrogens (tertiary/aromatic N) is 1. The third-order valence-corrected chi connectivity index (χ3v) is 6.83. The SMILES string of the molecule is COC(=O)[C@@H]1C[C@@H](NC(=O)c2[nH]c3ccc(Cl)cc3c2-c2ccccc2)CN1Cc1ccccc1F. The van der Waals surface area contributed by atoms with E-state index in [1.165, 1.54) is 13.2 Å². The topological polar surface area (TPSA) is 74.4 Å². The number of fused-ring (bicyclic) bond motifs is 1. The molecule has 1 fully saturated rings. The third-order valence-electron chi connectivity index (χ3n) is 6.59. The van der Waals surface area contributed by atoms with E-state index in [9.17, 15) is 14.0 Å². The highest BCUT2D eigenvalue weighted by atomic mass is 35.5. The first kappa shape index (κ1) is 24.0. The van der Waals surface area contributed by atoms with E-state index in [4.69, 9.17) is 16.3 Å². The van der Waals surface area contributed by atoms with Crippen LogP contribution in [0.3, 0.4) is 0 Å². The van der Waals surface area contributed by atoms with Crippen LogP contribution in [0.15, 0.2) is 72.8 Å². The van der Waals surface area contributed by atoms with Crippen LogP contribution < -0.4 is 5.32 Å². The number of esters is 1. The third kappa shape index (κ3) is 4.72. The van der Waals surface area contributed by atoms with Crippen LogP contribution in [0.1, 0.15) is 22.5 Å². The average Bonchev–Trinajstić information content (AvgIpc) is 3.46. The summed E-state index contributed by atoms with van der Waals surface area (Å²) in [6.45, 7) is 0.617. The van der Waals surface area contributed by atoms with Gasteiger partial charge in [0.2, 0.25) is 0 Å². The number of benzene rings is 3. The van der Waals surface area contributed by atoms with E-state index in [2.05, 4.69) is 10.3 Å². The van der Waals surface area contributed by atoms with Gasteiger partial charge in [0.25, 0.3) is 5.91 Å². The van der Waals surface area contributed by atoms with E-state index < -0.39 is 12.0 Å². The minimum atomic E-state index is -0.588. The predicted octanol–water partition coefficient (Wildman–Crippen LogP) is 5.17. The highest BCUT2D eigenvalue weighted by molar-refractivity contribution is 6.31. The molecule has 2 N–H and O–H groups in total. The number of hydrogen-bond acceptors (Lipinski definition) is 4. The zero-order chi connectivity index (χ0) is 25.2. The van der Waals surface area contributed by atoms with Crippen molar-refractivity contribution < 1.29 is 18.7 Å². The second-order valence-corrected chi connectivity index (χ2v) is 9.33. The molecule has 1 aromatic heterocycles. The molecule has 1 aliphatic heterocycles. The summed E-state index contributed by atoms with van der Waals surface area (Å²) in [5, 5.41) is 4.50. The standard InChI is InChI=1S/C28H25ClFN3O3/c1-36-28(35)24-14-20(16-33(24)15-18-9-5-6-10-22(18)30)31-27(34)26-25(17-7-3-2-4-8-17)21-13-19(29)11-12-23(21)32-26/h2-13,20,24,32H,14-16H2,1H3,(H,31,34)/t20-,24+/m1/s1. The molecule has 3 aromatic carbocycles. The van der Waals surface area contributed by atoms with Gasteiger partial charge < -0.3 is 15.0 Å². The number of carbonyl (C=O) groups excluding carboxylic acids is 2. The van der Waals surface area contributed by atoms with Crippen molar-refractivity contribution in [3.05, 3.63) is 94.9 Å². The molecular weight excluding hydrogens is 481 g/mol. The van der Waals surface area contributed by atoms with E-state index in [1.54, 1.807) is 24.3 Å². The highest BCUT2D eigenvalue weighted by Gasteiger charge is 2.39. The second-order valence-electron chi connectivity index (χ2n) is 8.90. The van der Waals surface area contributed by atoms with Crippen LogP contribution in [-0.2, 0) is 16.1 Å². The van der Waals surface area contributed by atoms with Crippen LogP contribution in [0, 0.1) is 5.82 Å². The number of aromatic amines is 1. The first-order valence-electron chi connectivity index (χ1n) is 11.7. The number of methoxy groups -OCH3 is 1. The van der Waals surface area contributed by atoms with E-state index in [-0.39, 0.29) is 24.3 Å². The summed E-state index contributed by atoms with van der Waals surface area (Å²) in [4.78, 5) is 31.1. The number of rotatable bonds is 6. The van der Waals surface area contributed by atoms with Gasteiger partial charge in [-0.25, -0.2) is 4.39 Å². The normalized spacial score (nSPS) is 17.9. The van der Waals surface area contributed by atoms with Gasteiger partial charge in [-0.3, -0.25) is 14.5 Å². The van der Waals surface area contributed by atoms with Crippen molar-refractivity contribution in [3.8, 4) is 11.1 Å². The Labute approximate surface area is 213 Å². The number of likely N-dealkylation sites (tertiary alicyclic amines) is 1. The molecule has 184 valence electrons. The van der Waals surface area contributed by atoms with Crippen molar-refractivity contribution in [2.24, 2.45) is 0 Å². The summed E-state index contributed by atoms with van der Waals surface area (Å²) in [7, 11) is 1.33. The van der Waals surface area contributed by atoms with Gasteiger partial charge in [-0.15, -0.1) is 0 Å². The molecule has 0 spiro atoms. The smallest absolute Gasteiger partial charge is 0.323 e. The number of amides is 1. The number of ether oxygens (including phenoxy) is 1. The Morgan fingerprint density at radius 1 is 1.11 bits per heavy atom. The summed E-state index contributed by atoms with van der Waals surface area (Å²) in [6.07, 6.45) is 0.361. The van der Waals surface area contributed by atoms with Crippen LogP contribution in [0.5, 0.6) is 0 Å². The van der Waals surface area contributed by atoms with Gasteiger partial charge in [-0.2, -0.15) is 0 Å². The first-order valence-corrected chi connectivity index (χ1v) is 12.0. The Morgan fingerprint density at radius 2 is 1.86 bits per heavy atom. The molecule has 0 bridgehead atoms. The lowest BCUT2D eigenvalue weighted by molar-refractivity contribution is -0.146. The number of halogens is 2. The van der Waals surface area contributed by atoms with Crippen LogP contribution in [0.25, 0.3) is 22.0 Å². The Hall–Kier alpha value is -3.68. The fourth-order valence-corrected chi connectivity index (χ4v) is 5.08. The maximum atomic E-state index is 14.3. The molecule has 0 unspecified atom stereocenters. The Balaban J connectivity index is 1.43. The van der Waals surface area contributed by atoms with E-state index in [0.717, 1.165) is 22.0 Å². The van der Waals surface area contributed by atoms with E-state index in [1.807, 2.05) is 47.4 Å². The molecule has 4 aromatic rings. The van der Waals surface area contributed by atoms with Crippen molar-refractivity contribution in [2.75, 3.05) is 13.7 Å². The second kappa shape index (κ2) is 10.1. The minimum Gasteiger partial charge on any atom is -0.468 e. The molecule has 0 saturated carbocycles. The number of H-pyrrole nitrogens is 1. The minimum absolute atomic E-state index is 0.235. The lowest BCUT2D eigenvalue weighted by atomic mass is 10.0. The van der Waals surface area contributed by atoms with Gasteiger partial charge in [0.05, 0.1) is 7.11 Å². The Bertz CT molecular complexity index is 1420. The molecule has 5 rings (SSSR count). The van der Waals surface area contributed by atoms with Crippen LogP contribution in [-0.4, -0.2) is 47.5 Å². The van der Waals surface area contributed by atoms with Crippen LogP contribution >= 0.6 is 11.6 Å². The van der Waals surface area contributed by atoms with Gasteiger partial charge in [0.1, 0.15) is 17.6 Å². The Morgan fingerprint density at radius 3 is 2.61 bits per heavy atom. The molecule has 0 aliphatic carbocycles. The summed E-state index contributed by atoms with van der Waals surface area (Å²) < 4.78 is 19.3. The van der Waals surface area contributed by atoms with Crippen molar-refractivity contribution in [1.29, 1.82) is 0 Å². The van der Waals surface area contributed by atoms with Gasteiger partial charge in [0.15, 0.2) is 0 Å². The van der Waals surface area contributed by atoms with Gasteiger partial charge in [0, 0.05) is 46.2 Å². The lowest BCUT2D eigenvalue weighted by Crippen LogP contribution is -2.38. The lowest BCUT2D eigenvalue weighted by Gasteiger charge is -2.22. The quantitative estimate of drug-likeness (QED) is 0.354. The van der Waals surface area contributed by atoms with E-state index in [0.29, 0.717) is 29.2 Å². The molecular formula is C28H25ClFN3O3. The summed E-state index contributed by atoms with van der Waals surface area (Å²) in [5.41, 5.74) is 3.34. The highest BCUT2D eigenvalue weighted by Crippen LogP contribution is 2.34. The fourth-order valence-electron chi connectivity index (χ4n) is 4.91. The molecule has 0 radical (unpaired) electrons. The maximum Gasteiger partial charge on any atom is 0.323 e. The monoisotopic (exact) mass is 505 g/mol. The molecule has 36 heavy (non-hydrogen) atoms. The van der Waals surface area contributed by atoms with E-state index >= 15 is 0 Å². The molecule has 6 nitrogen and oxygen atoms in total. The van der Waals surface area contributed by atoms with Crippen molar-refractivity contribution in [2.45, 2.75) is 25.0 Å². The van der Waals surface area contributed by atoms with Crippen molar-refractivity contribution in [3.63, 3.8) is 0 Å². The Kier molecular flexibility index (Phi) is 6.76. The predicted molar refractivity (Wildman–Crippen MR) is 137 cm³/mol.